The van der Waals surface area contributed by atoms with Crippen molar-refractivity contribution in [2.75, 3.05) is 19.0 Å². The van der Waals surface area contributed by atoms with Gasteiger partial charge >= 0.3 is 0 Å². The molecule has 4 heteroatoms. The second kappa shape index (κ2) is 5.08. The van der Waals surface area contributed by atoms with E-state index in [2.05, 4.69) is 26.1 Å². The first kappa shape index (κ1) is 13.4. The molecule has 0 atom stereocenters. The van der Waals surface area contributed by atoms with Gasteiger partial charge in [0.15, 0.2) is 0 Å². The van der Waals surface area contributed by atoms with Crippen LogP contribution in [0.15, 0.2) is 18.2 Å². The lowest BCUT2D eigenvalue weighted by Gasteiger charge is -2.21. The molecule has 94 valence electrons. The van der Waals surface area contributed by atoms with Crippen LogP contribution in [-0.4, -0.2) is 19.6 Å². The lowest BCUT2D eigenvalue weighted by atomic mass is 9.97. The zero-order chi connectivity index (χ0) is 13.1. The van der Waals surface area contributed by atoms with E-state index in [1.807, 2.05) is 0 Å². The fourth-order valence-corrected chi connectivity index (χ4v) is 1.36. The van der Waals surface area contributed by atoms with Crippen molar-refractivity contribution in [3.8, 4) is 5.75 Å². The Hall–Kier alpha value is -1.71. The summed E-state index contributed by atoms with van der Waals surface area (Å²) in [5, 5.41) is 3.27. The quantitative estimate of drug-likeness (QED) is 0.842. The van der Waals surface area contributed by atoms with Gasteiger partial charge in [-0.2, -0.15) is 0 Å². The van der Waals surface area contributed by atoms with E-state index in [1.54, 1.807) is 25.3 Å². The largest absolute Gasteiger partial charge is 0.495 e. The van der Waals surface area contributed by atoms with Crippen LogP contribution in [0.3, 0.4) is 0 Å². The number of hydrogen-bond acceptors (Lipinski definition) is 3. The van der Waals surface area contributed by atoms with Crippen molar-refractivity contribution < 1.29 is 9.53 Å². The number of ether oxygens (including phenoxy) is 1. The predicted molar refractivity (Wildman–Crippen MR) is 69.5 cm³/mol. The average Bonchev–Trinajstić information content (AvgIpc) is 2.24. The normalized spacial score (nSPS) is 11.1. The summed E-state index contributed by atoms with van der Waals surface area (Å²) in [6, 6.07) is 5.11. The van der Waals surface area contributed by atoms with Crippen LogP contribution in [0.4, 0.5) is 5.69 Å². The van der Waals surface area contributed by atoms with Gasteiger partial charge in [-0.15, -0.1) is 0 Å². The lowest BCUT2D eigenvalue weighted by molar-refractivity contribution is 0.100. The van der Waals surface area contributed by atoms with Gasteiger partial charge in [0.2, 0.25) is 5.91 Å². The number of anilines is 1. The molecule has 0 saturated heterocycles. The van der Waals surface area contributed by atoms with Crippen LogP contribution in [0.2, 0.25) is 0 Å². The first-order valence-electron chi connectivity index (χ1n) is 5.55. The van der Waals surface area contributed by atoms with Gasteiger partial charge in [0, 0.05) is 12.1 Å². The minimum Gasteiger partial charge on any atom is -0.495 e. The lowest BCUT2D eigenvalue weighted by Crippen LogP contribution is -2.20. The molecule has 1 aromatic carbocycles. The van der Waals surface area contributed by atoms with Crippen LogP contribution < -0.4 is 15.8 Å². The first-order chi connectivity index (χ1) is 7.83. The SMILES string of the molecule is COc1ccc(C(N)=O)cc1NCC(C)(C)C. The van der Waals surface area contributed by atoms with Crippen molar-refractivity contribution in [3.05, 3.63) is 23.8 Å². The van der Waals surface area contributed by atoms with Gasteiger partial charge in [0.1, 0.15) is 5.75 Å². The van der Waals surface area contributed by atoms with Gasteiger partial charge in [0.25, 0.3) is 0 Å². The van der Waals surface area contributed by atoms with Gasteiger partial charge in [0.05, 0.1) is 12.8 Å². The molecular weight excluding hydrogens is 216 g/mol. The van der Waals surface area contributed by atoms with Crippen molar-refractivity contribution in [1.29, 1.82) is 0 Å². The second-order valence-corrected chi connectivity index (χ2v) is 5.19. The highest BCUT2D eigenvalue weighted by Crippen LogP contribution is 2.26. The van der Waals surface area contributed by atoms with Crippen molar-refractivity contribution in [3.63, 3.8) is 0 Å². The van der Waals surface area contributed by atoms with Gasteiger partial charge in [-0.05, 0) is 23.6 Å². The van der Waals surface area contributed by atoms with Crippen LogP contribution in [-0.2, 0) is 0 Å². The first-order valence-corrected chi connectivity index (χ1v) is 5.55. The summed E-state index contributed by atoms with van der Waals surface area (Å²) in [5.74, 6) is 0.269. The van der Waals surface area contributed by atoms with Crippen LogP contribution in [0.5, 0.6) is 5.75 Å². The molecule has 0 spiro atoms. The van der Waals surface area contributed by atoms with Crippen LogP contribution >= 0.6 is 0 Å². The monoisotopic (exact) mass is 236 g/mol. The minimum atomic E-state index is -0.438. The molecule has 0 aliphatic rings. The van der Waals surface area contributed by atoms with Gasteiger partial charge in [-0.25, -0.2) is 0 Å². The number of amides is 1. The minimum absolute atomic E-state index is 0.147. The number of benzene rings is 1. The number of primary amides is 1. The van der Waals surface area contributed by atoms with Gasteiger partial charge < -0.3 is 15.8 Å². The molecule has 1 amide bonds. The highest BCUT2D eigenvalue weighted by Gasteiger charge is 2.12. The Kier molecular flexibility index (Phi) is 3.99. The van der Waals surface area contributed by atoms with Crippen molar-refractivity contribution in [2.24, 2.45) is 11.1 Å². The Morgan fingerprint density at radius 3 is 2.53 bits per heavy atom. The molecule has 17 heavy (non-hydrogen) atoms. The Balaban J connectivity index is 2.94. The molecule has 0 aliphatic heterocycles. The molecule has 0 aromatic heterocycles. The molecule has 0 unspecified atom stereocenters. The molecule has 1 rings (SSSR count). The smallest absolute Gasteiger partial charge is 0.248 e. The third-order valence-electron chi connectivity index (χ3n) is 2.29. The Morgan fingerprint density at radius 1 is 1.41 bits per heavy atom. The molecule has 0 fully saturated rings. The van der Waals surface area contributed by atoms with E-state index in [-0.39, 0.29) is 5.41 Å². The summed E-state index contributed by atoms with van der Waals surface area (Å²) >= 11 is 0. The standard InChI is InChI=1S/C13H20N2O2/c1-13(2,3)8-15-10-7-9(12(14)16)5-6-11(10)17-4/h5-7,15H,8H2,1-4H3,(H2,14,16). The molecule has 0 aliphatic carbocycles. The molecule has 4 nitrogen and oxygen atoms in total. The Morgan fingerprint density at radius 2 is 2.06 bits per heavy atom. The molecule has 0 bridgehead atoms. The predicted octanol–water partition coefficient (Wildman–Crippen LogP) is 2.25. The zero-order valence-electron chi connectivity index (χ0n) is 10.8. The molecule has 0 heterocycles. The summed E-state index contributed by atoms with van der Waals surface area (Å²) in [4.78, 5) is 11.1. The van der Waals surface area contributed by atoms with E-state index in [9.17, 15) is 4.79 Å². The van der Waals surface area contributed by atoms with Crippen molar-refractivity contribution in [2.45, 2.75) is 20.8 Å². The number of hydrogen-bond donors (Lipinski definition) is 2. The maximum absolute atomic E-state index is 11.1. The van der Waals surface area contributed by atoms with Crippen LogP contribution in [0.25, 0.3) is 0 Å². The Labute approximate surface area is 102 Å². The van der Waals surface area contributed by atoms with E-state index < -0.39 is 5.91 Å². The molecular formula is C13H20N2O2. The molecule has 1 aromatic rings. The highest BCUT2D eigenvalue weighted by molar-refractivity contribution is 5.94. The second-order valence-electron chi connectivity index (χ2n) is 5.19. The third-order valence-corrected chi connectivity index (χ3v) is 2.29. The highest BCUT2D eigenvalue weighted by atomic mass is 16.5. The number of nitrogens with one attached hydrogen (secondary N) is 1. The molecule has 3 N–H and O–H groups in total. The Bertz CT molecular complexity index is 408. The fraction of sp³-hybridized carbons (Fsp3) is 0.462. The maximum Gasteiger partial charge on any atom is 0.248 e. The summed E-state index contributed by atoms with van der Waals surface area (Å²) < 4.78 is 5.23. The molecule has 0 radical (unpaired) electrons. The van der Waals surface area contributed by atoms with E-state index in [0.717, 1.165) is 12.2 Å². The van der Waals surface area contributed by atoms with E-state index in [4.69, 9.17) is 10.5 Å². The van der Waals surface area contributed by atoms with Crippen molar-refractivity contribution >= 4 is 11.6 Å². The maximum atomic E-state index is 11.1. The fourth-order valence-electron chi connectivity index (χ4n) is 1.36. The van der Waals surface area contributed by atoms with E-state index in [0.29, 0.717) is 11.3 Å². The average molecular weight is 236 g/mol. The summed E-state index contributed by atoms with van der Waals surface area (Å²) in [7, 11) is 1.60. The number of methoxy groups -OCH3 is 1. The van der Waals surface area contributed by atoms with Crippen LogP contribution in [0.1, 0.15) is 31.1 Å². The van der Waals surface area contributed by atoms with Crippen molar-refractivity contribution in [1.82, 2.24) is 0 Å². The number of carbonyl (C=O) groups excluding carboxylic acids is 1. The number of carbonyl (C=O) groups is 1. The van der Waals surface area contributed by atoms with E-state index >= 15 is 0 Å². The van der Waals surface area contributed by atoms with E-state index in [1.165, 1.54) is 0 Å². The zero-order valence-corrected chi connectivity index (χ0v) is 10.8. The number of nitrogens with two attached hydrogens (primary N) is 1. The van der Waals surface area contributed by atoms with Gasteiger partial charge in [-0.3, -0.25) is 4.79 Å². The summed E-state index contributed by atoms with van der Waals surface area (Å²) in [6.45, 7) is 7.17. The molecule has 0 saturated carbocycles. The van der Waals surface area contributed by atoms with Gasteiger partial charge in [-0.1, -0.05) is 20.8 Å². The number of rotatable bonds is 4. The van der Waals surface area contributed by atoms with Crippen LogP contribution in [0, 0.1) is 5.41 Å². The topological polar surface area (TPSA) is 64.3 Å². The summed E-state index contributed by atoms with van der Waals surface area (Å²) in [6.07, 6.45) is 0. The third kappa shape index (κ3) is 3.98. The summed E-state index contributed by atoms with van der Waals surface area (Å²) in [5.41, 5.74) is 6.66.